The van der Waals surface area contributed by atoms with E-state index < -0.39 is 0 Å². The third kappa shape index (κ3) is 3.37. The summed E-state index contributed by atoms with van der Waals surface area (Å²) in [7, 11) is 0. The number of carbonyl (C=O) groups is 1. The summed E-state index contributed by atoms with van der Waals surface area (Å²) in [6.45, 7) is 2.42. The van der Waals surface area contributed by atoms with Gasteiger partial charge >= 0.3 is 0 Å². The first-order chi connectivity index (χ1) is 12.6. The Morgan fingerprint density at radius 1 is 1.38 bits per heavy atom. The lowest BCUT2D eigenvalue weighted by molar-refractivity contribution is -0.116. The Bertz CT molecular complexity index is 1030. The molecule has 0 spiro atoms. The van der Waals surface area contributed by atoms with Gasteiger partial charge in [-0.25, -0.2) is 9.67 Å². The Balaban J connectivity index is 1.42. The molecule has 1 aliphatic rings. The summed E-state index contributed by atoms with van der Waals surface area (Å²) >= 11 is 1.55. The maximum absolute atomic E-state index is 12.4. The molecule has 2 aromatic heterocycles. The number of benzene rings is 1. The van der Waals surface area contributed by atoms with Crippen LogP contribution in [0.1, 0.15) is 30.3 Å². The largest absolute Gasteiger partial charge is 0.302 e. The smallest absolute Gasteiger partial charge is 0.277 e. The monoisotopic (exact) mass is 369 g/mol. The molecule has 0 radical (unpaired) electrons. The molecule has 134 valence electrons. The summed E-state index contributed by atoms with van der Waals surface area (Å²) < 4.78 is 1.23. The van der Waals surface area contributed by atoms with Gasteiger partial charge in [0.1, 0.15) is 5.52 Å². The van der Waals surface area contributed by atoms with E-state index in [2.05, 4.69) is 27.5 Å². The van der Waals surface area contributed by atoms with E-state index in [1.54, 1.807) is 29.5 Å². The predicted molar refractivity (Wildman–Crippen MR) is 100 cm³/mol. The highest BCUT2D eigenvalue weighted by molar-refractivity contribution is 7.15. The molecule has 0 aliphatic heterocycles. The van der Waals surface area contributed by atoms with Crippen molar-refractivity contribution in [2.24, 2.45) is 5.92 Å². The first-order valence-corrected chi connectivity index (χ1v) is 9.53. The number of thiazole rings is 1. The van der Waals surface area contributed by atoms with Gasteiger partial charge in [-0.2, -0.15) is 0 Å². The number of aromatic nitrogens is 4. The summed E-state index contributed by atoms with van der Waals surface area (Å²) in [5, 5.41) is 11.9. The van der Waals surface area contributed by atoms with Gasteiger partial charge < -0.3 is 5.32 Å². The van der Waals surface area contributed by atoms with Crippen molar-refractivity contribution >= 4 is 33.3 Å². The van der Waals surface area contributed by atoms with Crippen LogP contribution in [0.3, 0.4) is 0 Å². The highest BCUT2D eigenvalue weighted by Crippen LogP contribution is 2.32. The average Bonchev–Trinajstić information content (AvgIpc) is 3.02. The zero-order valence-corrected chi connectivity index (χ0v) is 15.3. The van der Waals surface area contributed by atoms with Crippen LogP contribution in [0, 0.1) is 5.92 Å². The van der Waals surface area contributed by atoms with E-state index in [0.29, 0.717) is 22.0 Å². The Hall–Kier alpha value is -2.61. The molecule has 3 aromatic rings. The quantitative estimate of drug-likeness (QED) is 0.763. The highest BCUT2D eigenvalue weighted by atomic mass is 32.1. The molecule has 0 bridgehead atoms. The van der Waals surface area contributed by atoms with Crippen molar-refractivity contribution in [2.75, 3.05) is 5.32 Å². The minimum atomic E-state index is -0.234. The van der Waals surface area contributed by atoms with Crippen LogP contribution < -0.4 is 10.9 Å². The molecule has 1 aliphatic carbocycles. The second kappa shape index (κ2) is 6.95. The fraction of sp³-hybridized carbons (Fsp3) is 0.389. The van der Waals surface area contributed by atoms with E-state index in [4.69, 9.17) is 0 Å². The van der Waals surface area contributed by atoms with Crippen molar-refractivity contribution in [3.63, 3.8) is 0 Å². The van der Waals surface area contributed by atoms with E-state index in [9.17, 15) is 9.59 Å². The molecule has 8 heteroatoms. The molecule has 0 fully saturated rings. The molecular formula is C18H19N5O2S. The van der Waals surface area contributed by atoms with Gasteiger partial charge in [0.05, 0.1) is 17.6 Å². The summed E-state index contributed by atoms with van der Waals surface area (Å²) in [4.78, 5) is 30.4. The molecular weight excluding hydrogens is 350 g/mol. The number of carbonyl (C=O) groups excluding carboxylic acids is 1. The van der Waals surface area contributed by atoms with Crippen LogP contribution in [0.5, 0.6) is 0 Å². The number of rotatable bonds is 4. The van der Waals surface area contributed by atoms with Crippen LogP contribution in [0.15, 0.2) is 29.1 Å². The van der Waals surface area contributed by atoms with Gasteiger partial charge in [-0.3, -0.25) is 9.59 Å². The zero-order chi connectivity index (χ0) is 18.1. The second-order valence-electron chi connectivity index (χ2n) is 6.67. The number of nitrogens with zero attached hydrogens (tertiary/aromatic N) is 4. The van der Waals surface area contributed by atoms with Crippen LogP contribution in [0.25, 0.3) is 10.9 Å². The van der Waals surface area contributed by atoms with Crippen molar-refractivity contribution in [2.45, 2.75) is 39.2 Å². The summed E-state index contributed by atoms with van der Waals surface area (Å²) in [5.41, 5.74) is 1.43. The SMILES string of the molecule is CC1CCc2nc(NC(=O)CCn3nnc4ccccc4c3=O)sc2C1. The normalized spacial score (nSPS) is 16.4. The number of nitrogens with one attached hydrogen (secondary N) is 1. The van der Waals surface area contributed by atoms with Crippen LogP contribution in [0.2, 0.25) is 0 Å². The van der Waals surface area contributed by atoms with E-state index in [1.165, 1.54) is 9.56 Å². The third-order valence-corrected chi connectivity index (χ3v) is 5.65. The second-order valence-corrected chi connectivity index (χ2v) is 7.75. The fourth-order valence-electron chi connectivity index (χ4n) is 3.15. The molecule has 1 amide bonds. The number of amides is 1. The minimum Gasteiger partial charge on any atom is -0.302 e. The van der Waals surface area contributed by atoms with Crippen molar-refractivity contribution < 1.29 is 4.79 Å². The Kier molecular flexibility index (Phi) is 4.50. The molecule has 0 saturated carbocycles. The van der Waals surface area contributed by atoms with Gasteiger partial charge in [-0.1, -0.05) is 24.3 Å². The summed E-state index contributed by atoms with van der Waals surface area (Å²) in [6.07, 6.45) is 3.30. The summed E-state index contributed by atoms with van der Waals surface area (Å²) in [5.74, 6) is 0.496. The van der Waals surface area contributed by atoms with Gasteiger partial charge in [0.2, 0.25) is 5.91 Å². The van der Waals surface area contributed by atoms with Gasteiger partial charge in [-0.05, 0) is 37.3 Å². The average molecular weight is 369 g/mol. The number of fused-ring (bicyclic) bond motifs is 2. The Labute approximate surface area is 154 Å². The molecule has 26 heavy (non-hydrogen) atoms. The van der Waals surface area contributed by atoms with E-state index >= 15 is 0 Å². The predicted octanol–water partition coefficient (Wildman–Crippen LogP) is 2.40. The molecule has 1 aromatic carbocycles. The molecule has 1 N–H and O–H groups in total. The van der Waals surface area contributed by atoms with Crippen molar-refractivity contribution in [3.8, 4) is 0 Å². The van der Waals surface area contributed by atoms with E-state index in [0.717, 1.165) is 25.0 Å². The van der Waals surface area contributed by atoms with Gasteiger partial charge in [0.15, 0.2) is 5.13 Å². The van der Waals surface area contributed by atoms with E-state index in [-0.39, 0.29) is 24.4 Å². The molecule has 2 heterocycles. The molecule has 7 nitrogen and oxygen atoms in total. The number of anilines is 1. The number of hydrogen-bond donors (Lipinski definition) is 1. The molecule has 1 unspecified atom stereocenters. The van der Waals surface area contributed by atoms with Crippen LogP contribution >= 0.6 is 11.3 Å². The topological polar surface area (TPSA) is 89.8 Å². The molecule has 4 rings (SSSR count). The lowest BCUT2D eigenvalue weighted by Gasteiger charge is -2.15. The van der Waals surface area contributed by atoms with Crippen LogP contribution in [-0.2, 0) is 24.2 Å². The minimum absolute atomic E-state index is 0.146. The summed E-state index contributed by atoms with van der Waals surface area (Å²) in [6, 6.07) is 7.05. The van der Waals surface area contributed by atoms with Crippen molar-refractivity contribution in [3.05, 3.63) is 45.2 Å². The van der Waals surface area contributed by atoms with Crippen molar-refractivity contribution in [1.82, 2.24) is 20.0 Å². The highest BCUT2D eigenvalue weighted by Gasteiger charge is 2.20. The lowest BCUT2D eigenvalue weighted by atomic mass is 9.93. The first kappa shape index (κ1) is 16.8. The molecule has 0 saturated heterocycles. The standard InChI is InChI=1S/C18H19N5O2S/c1-11-6-7-14-15(10-11)26-18(19-14)20-16(24)8-9-23-17(25)12-4-2-3-5-13(12)21-22-23/h2-5,11H,6-10H2,1H3,(H,19,20,24). The lowest BCUT2D eigenvalue weighted by Crippen LogP contribution is -2.26. The van der Waals surface area contributed by atoms with E-state index in [1.807, 2.05) is 6.07 Å². The number of hydrogen-bond acceptors (Lipinski definition) is 6. The Morgan fingerprint density at radius 2 is 2.23 bits per heavy atom. The fourth-order valence-corrected chi connectivity index (χ4v) is 4.34. The zero-order valence-electron chi connectivity index (χ0n) is 14.4. The maximum Gasteiger partial charge on any atom is 0.277 e. The number of aryl methyl sites for hydroxylation is 2. The Morgan fingerprint density at radius 3 is 3.12 bits per heavy atom. The maximum atomic E-state index is 12.4. The molecule has 1 atom stereocenters. The first-order valence-electron chi connectivity index (χ1n) is 8.71. The van der Waals surface area contributed by atoms with Crippen molar-refractivity contribution in [1.29, 1.82) is 0 Å². The van der Waals surface area contributed by atoms with Crippen LogP contribution in [0.4, 0.5) is 5.13 Å². The van der Waals surface area contributed by atoms with Gasteiger partial charge in [0, 0.05) is 11.3 Å². The van der Waals surface area contributed by atoms with Crippen LogP contribution in [-0.4, -0.2) is 25.9 Å². The van der Waals surface area contributed by atoms with Gasteiger partial charge in [-0.15, -0.1) is 16.4 Å². The van der Waals surface area contributed by atoms with Gasteiger partial charge in [0.25, 0.3) is 5.56 Å². The third-order valence-electron chi connectivity index (χ3n) is 4.61.